The Balaban J connectivity index is 1.71. The van der Waals surface area contributed by atoms with Crippen LogP contribution in [0.3, 0.4) is 0 Å². The summed E-state index contributed by atoms with van der Waals surface area (Å²) in [6.45, 7) is 3.40. The Morgan fingerprint density at radius 1 is 1.07 bits per heavy atom. The first-order chi connectivity index (χ1) is 13.5. The average Bonchev–Trinajstić information content (AvgIpc) is 3.19. The molecule has 3 aromatic rings. The molecule has 0 aliphatic carbocycles. The number of amides is 1. The summed E-state index contributed by atoms with van der Waals surface area (Å²) in [5.74, 6) is -0.596. The van der Waals surface area contributed by atoms with Crippen molar-refractivity contribution in [1.29, 1.82) is 0 Å². The molecule has 2 aromatic carbocycles. The maximum atomic E-state index is 12.5. The third-order valence-corrected chi connectivity index (χ3v) is 4.20. The second kappa shape index (κ2) is 8.43. The normalized spacial score (nSPS) is 11.5. The molecule has 28 heavy (non-hydrogen) atoms. The maximum absolute atomic E-state index is 12.5. The minimum absolute atomic E-state index is 0.0546. The number of esters is 1. The number of carbonyl (C=O) groups is 2. The highest BCUT2D eigenvalue weighted by atomic mass is 16.6. The highest BCUT2D eigenvalue weighted by molar-refractivity contribution is 5.99. The van der Waals surface area contributed by atoms with E-state index in [-0.39, 0.29) is 5.76 Å². The number of ether oxygens (including phenoxy) is 2. The van der Waals surface area contributed by atoms with Crippen LogP contribution in [0.5, 0.6) is 5.75 Å². The third kappa shape index (κ3) is 4.23. The third-order valence-electron chi connectivity index (χ3n) is 4.20. The van der Waals surface area contributed by atoms with E-state index in [1.54, 1.807) is 18.2 Å². The van der Waals surface area contributed by atoms with Crippen molar-refractivity contribution in [1.82, 2.24) is 0 Å². The number of furan rings is 1. The van der Waals surface area contributed by atoms with Crippen molar-refractivity contribution in [3.05, 3.63) is 72.2 Å². The van der Waals surface area contributed by atoms with E-state index in [1.807, 2.05) is 43.3 Å². The first-order valence-electron chi connectivity index (χ1n) is 8.79. The molecule has 0 saturated heterocycles. The van der Waals surface area contributed by atoms with Crippen LogP contribution in [0, 0.1) is 6.92 Å². The van der Waals surface area contributed by atoms with Crippen LogP contribution in [0.2, 0.25) is 0 Å². The molecule has 0 aliphatic heterocycles. The van der Waals surface area contributed by atoms with Crippen molar-refractivity contribution in [2.75, 3.05) is 12.4 Å². The van der Waals surface area contributed by atoms with E-state index in [1.165, 1.54) is 20.3 Å². The Bertz CT molecular complexity index is 978. The van der Waals surface area contributed by atoms with Crippen molar-refractivity contribution in [3.63, 3.8) is 0 Å². The predicted octanol–water partition coefficient (Wildman–Crippen LogP) is 4.45. The first-order valence-corrected chi connectivity index (χ1v) is 8.79. The predicted molar refractivity (Wildman–Crippen MR) is 105 cm³/mol. The molecule has 1 aromatic heterocycles. The van der Waals surface area contributed by atoms with Gasteiger partial charge in [-0.2, -0.15) is 0 Å². The van der Waals surface area contributed by atoms with E-state index in [2.05, 4.69) is 5.32 Å². The van der Waals surface area contributed by atoms with Crippen LogP contribution in [0.4, 0.5) is 5.69 Å². The largest absolute Gasteiger partial charge is 0.495 e. The fourth-order valence-corrected chi connectivity index (χ4v) is 2.73. The highest BCUT2D eigenvalue weighted by Crippen LogP contribution is 2.27. The van der Waals surface area contributed by atoms with Crippen molar-refractivity contribution < 1.29 is 23.5 Å². The molecule has 1 unspecified atom stereocenters. The summed E-state index contributed by atoms with van der Waals surface area (Å²) in [5, 5.41) is 2.73. The van der Waals surface area contributed by atoms with E-state index in [0.717, 1.165) is 11.1 Å². The van der Waals surface area contributed by atoms with Crippen LogP contribution >= 0.6 is 0 Å². The molecule has 6 heteroatoms. The number of benzene rings is 2. The van der Waals surface area contributed by atoms with Gasteiger partial charge in [-0.05, 0) is 43.2 Å². The lowest BCUT2D eigenvalue weighted by Crippen LogP contribution is -2.30. The molecule has 0 bridgehead atoms. The lowest BCUT2D eigenvalue weighted by atomic mass is 10.1. The Hall–Kier alpha value is -3.54. The summed E-state index contributed by atoms with van der Waals surface area (Å²) in [6.07, 6.45) is 0.396. The van der Waals surface area contributed by atoms with Crippen LogP contribution in [-0.4, -0.2) is 25.1 Å². The molecule has 0 saturated carbocycles. The van der Waals surface area contributed by atoms with Gasteiger partial charge in [-0.1, -0.05) is 36.4 Å². The standard InChI is InChI=1S/C22H21NO5/c1-14-9-10-19(26-3)18(13-14)23-21(24)15(2)28-22(25)20-17(11-12-27-20)16-7-5-4-6-8-16/h4-13,15H,1-3H3,(H,23,24). The van der Waals surface area contributed by atoms with Gasteiger partial charge < -0.3 is 19.2 Å². The zero-order valence-corrected chi connectivity index (χ0v) is 15.9. The van der Waals surface area contributed by atoms with Gasteiger partial charge in [0, 0.05) is 5.56 Å². The summed E-state index contributed by atoms with van der Waals surface area (Å²) in [5.41, 5.74) is 2.91. The number of carbonyl (C=O) groups excluding carboxylic acids is 2. The lowest BCUT2D eigenvalue weighted by Gasteiger charge is -2.15. The Morgan fingerprint density at radius 3 is 2.54 bits per heavy atom. The molecule has 144 valence electrons. The molecule has 1 N–H and O–H groups in total. The van der Waals surface area contributed by atoms with Gasteiger partial charge in [0.15, 0.2) is 6.10 Å². The van der Waals surface area contributed by atoms with Gasteiger partial charge in [0.1, 0.15) is 5.75 Å². The number of hydrogen-bond donors (Lipinski definition) is 1. The number of anilines is 1. The van der Waals surface area contributed by atoms with Gasteiger partial charge in [-0.25, -0.2) is 4.79 Å². The molecular weight excluding hydrogens is 358 g/mol. The van der Waals surface area contributed by atoms with Crippen LogP contribution < -0.4 is 10.1 Å². The lowest BCUT2D eigenvalue weighted by molar-refractivity contribution is -0.123. The molecule has 0 fully saturated rings. The van der Waals surface area contributed by atoms with E-state index in [0.29, 0.717) is 17.0 Å². The molecule has 1 amide bonds. The number of rotatable bonds is 6. The van der Waals surface area contributed by atoms with Crippen LogP contribution in [-0.2, 0) is 9.53 Å². The second-order valence-electron chi connectivity index (χ2n) is 6.27. The number of hydrogen-bond acceptors (Lipinski definition) is 5. The van der Waals surface area contributed by atoms with E-state index < -0.39 is 18.0 Å². The van der Waals surface area contributed by atoms with E-state index >= 15 is 0 Å². The monoisotopic (exact) mass is 379 g/mol. The molecule has 0 radical (unpaired) electrons. The molecular formula is C22H21NO5. The number of methoxy groups -OCH3 is 1. The van der Waals surface area contributed by atoms with Gasteiger partial charge in [0.25, 0.3) is 5.91 Å². The van der Waals surface area contributed by atoms with Gasteiger partial charge in [-0.3, -0.25) is 4.79 Å². The van der Waals surface area contributed by atoms with Crippen LogP contribution in [0.1, 0.15) is 23.0 Å². The summed E-state index contributed by atoms with van der Waals surface area (Å²) < 4.78 is 15.9. The van der Waals surface area contributed by atoms with Crippen molar-refractivity contribution in [2.24, 2.45) is 0 Å². The Morgan fingerprint density at radius 2 is 1.82 bits per heavy atom. The topological polar surface area (TPSA) is 77.8 Å². The molecule has 1 heterocycles. The SMILES string of the molecule is COc1ccc(C)cc1NC(=O)C(C)OC(=O)c1occc1-c1ccccc1. The summed E-state index contributed by atoms with van der Waals surface area (Å²) in [4.78, 5) is 25.0. The van der Waals surface area contributed by atoms with Crippen molar-refractivity contribution >= 4 is 17.6 Å². The summed E-state index contributed by atoms with van der Waals surface area (Å²) >= 11 is 0. The maximum Gasteiger partial charge on any atom is 0.375 e. The minimum Gasteiger partial charge on any atom is -0.495 e. The quantitative estimate of drug-likeness (QED) is 0.640. The molecule has 0 aliphatic rings. The van der Waals surface area contributed by atoms with Gasteiger partial charge >= 0.3 is 5.97 Å². The number of nitrogens with one attached hydrogen (secondary N) is 1. The van der Waals surface area contributed by atoms with E-state index in [9.17, 15) is 9.59 Å². The Kier molecular flexibility index (Phi) is 5.79. The van der Waals surface area contributed by atoms with Crippen LogP contribution in [0.15, 0.2) is 65.3 Å². The second-order valence-corrected chi connectivity index (χ2v) is 6.27. The number of aryl methyl sites for hydroxylation is 1. The molecule has 3 rings (SSSR count). The van der Waals surface area contributed by atoms with Crippen molar-refractivity contribution in [2.45, 2.75) is 20.0 Å². The highest BCUT2D eigenvalue weighted by Gasteiger charge is 2.24. The first kappa shape index (κ1) is 19.2. The average molecular weight is 379 g/mol. The summed E-state index contributed by atoms with van der Waals surface area (Å²) in [7, 11) is 1.52. The zero-order valence-electron chi connectivity index (χ0n) is 15.9. The fourth-order valence-electron chi connectivity index (χ4n) is 2.73. The van der Waals surface area contributed by atoms with Gasteiger partial charge in [-0.15, -0.1) is 0 Å². The fraction of sp³-hybridized carbons (Fsp3) is 0.182. The molecule has 1 atom stereocenters. The molecule has 0 spiro atoms. The van der Waals surface area contributed by atoms with Crippen molar-refractivity contribution in [3.8, 4) is 16.9 Å². The molecule has 6 nitrogen and oxygen atoms in total. The van der Waals surface area contributed by atoms with Gasteiger partial charge in [0.2, 0.25) is 5.76 Å². The minimum atomic E-state index is -1.02. The Labute approximate surface area is 163 Å². The van der Waals surface area contributed by atoms with E-state index in [4.69, 9.17) is 13.9 Å². The summed E-state index contributed by atoms with van der Waals surface area (Å²) in [6, 6.07) is 16.4. The smallest absolute Gasteiger partial charge is 0.375 e. The zero-order chi connectivity index (χ0) is 20.1. The van der Waals surface area contributed by atoms with Gasteiger partial charge in [0.05, 0.1) is 19.1 Å². The van der Waals surface area contributed by atoms with Crippen LogP contribution in [0.25, 0.3) is 11.1 Å².